The predicted octanol–water partition coefficient (Wildman–Crippen LogP) is 2.87. The number of hydrogen-bond acceptors (Lipinski definition) is 3. The first kappa shape index (κ1) is 16.3. The third kappa shape index (κ3) is 3.40. The lowest BCUT2D eigenvalue weighted by Crippen LogP contribution is -2.34. The van der Waals surface area contributed by atoms with Crippen LogP contribution in [0.1, 0.15) is 60.3 Å². The highest BCUT2D eigenvalue weighted by Gasteiger charge is 2.28. The molecule has 0 heterocycles. The second-order valence-corrected chi connectivity index (χ2v) is 6.62. The van der Waals surface area contributed by atoms with Gasteiger partial charge in [0.25, 0.3) is 5.91 Å². The maximum absolute atomic E-state index is 11.9. The van der Waals surface area contributed by atoms with Crippen molar-refractivity contribution in [3.05, 3.63) is 34.4 Å². The van der Waals surface area contributed by atoms with Crippen LogP contribution in [0.3, 0.4) is 0 Å². The van der Waals surface area contributed by atoms with Gasteiger partial charge in [0.05, 0.1) is 6.04 Å². The molecule has 1 aromatic carbocycles. The van der Waals surface area contributed by atoms with E-state index in [2.05, 4.69) is 10.6 Å². The number of carbonyl (C=O) groups is 2. The van der Waals surface area contributed by atoms with E-state index in [1.165, 1.54) is 0 Å². The summed E-state index contributed by atoms with van der Waals surface area (Å²) in [6.45, 7) is 7.48. The van der Waals surface area contributed by atoms with E-state index in [0.717, 1.165) is 29.5 Å². The van der Waals surface area contributed by atoms with Gasteiger partial charge in [-0.25, -0.2) is 4.79 Å². The first-order chi connectivity index (χ1) is 10.2. The minimum atomic E-state index is -0.509. The number of ether oxygens (including phenoxy) is 1. The van der Waals surface area contributed by atoms with Gasteiger partial charge in [-0.2, -0.15) is 0 Å². The molecule has 2 amide bonds. The molecular weight excluding hydrogens is 280 g/mol. The van der Waals surface area contributed by atoms with Gasteiger partial charge in [-0.3, -0.25) is 4.79 Å². The van der Waals surface area contributed by atoms with E-state index >= 15 is 0 Å². The SMILES string of the molecule is CNC(=O)c1ccc2c(c1C)CC[C@@H]2NC(=O)OC(C)(C)C. The van der Waals surface area contributed by atoms with Gasteiger partial charge in [0, 0.05) is 12.6 Å². The molecule has 2 rings (SSSR count). The van der Waals surface area contributed by atoms with Crippen LogP contribution in [0.4, 0.5) is 4.79 Å². The number of fused-ring (bicyclic) bond motifs is 1. The van der Waals surface area contributed by atoms with Crippen molar-refractivity contribution in [1.29, 1.82) is 0 Å². The number of rotatable bonds is 2. The molecule has 22 heavy (non-hydrogen) atoms. The molecule has 0 aromatic heterocycles. The van der Waals surface area contributed by atoms with Crippen LogP contribution in [0.5, 0.6) is 0 Å². The molecule has 120 valence electrons. The minimum absolute atomic E-state index is 0.0534. The van der Waals surface area contributed by atoms with E-state index < -0.39 is 11.7 Å². The summed E-state index contributed by atoms with van der Waals surface area (Å²) >= 11 is 0. The van der Waals surface area contributed by atoms with Crippen molar-refractivity contribution >= 4 is 12.0 Å². The van der Waals surface area contributed by atoms with E-state index in [9.17, 15) is 9.59 Å². The largest absolute Gasteiger partial charge is 0.444 e. The molecule has 1 atom stereocenters. The first-order valence-electron chi connectivity index (χ1n) is 7.57. The van der Waals surface area contributed by atoms with Gasteiger partial charge in [-0.05, 0) is 63.3 Å². The van der Waals surface area contributed by atoms with Gasteiger partial charge in [0.15, 0.2) is 0 Å². The highest BCUT2D eigenvalue weighted by atomic mass is 16.6. The normalized spacial score (nSPS) is 16.9. The Kier molecular flexibility index (Phi) is 4.44. The van der Waals surface area contributed by atoms with Crippen molar-refractivity contribution in [2.45, 2.75) is 52.2 Å². The topological polar surface area (TPSA) is 67.4 Å². The van der Waals surface area contributed by atoms with Crippen molar-refractivity contribution < 1.29 is 14.3 Å². The Hall–Kier alpha value is -2.04. The first-order valence-corrected chi connectivity index (χ1v) is 7.57. The van der Waals surface area contributed by atoms with Crippen molar-refractivity contribution in [1.82, 2.24) is 10.6 Å². The lowest BCUT2D eigenvalue weighted by Gasteiger charge is -2.22. The molecule has 1 aromatic rings. The van der Waals surface area contributed by atoms with Crippen LogP contribution in [-0.4, -0.2) is 24.6 Å². The average molecular weight is 304 g/mol. The molecule has 0 spiro atoms. The van der Waals surface area contributed by atoms with Crippen LogP contribution >= 0.6 is 0 Å². The molecule has 0 bridgehead atoms. The van der Waals surface area contributed by atoms with E-state index in [-0.39, 0.29) is 11.9 Å². The molecule has 0 fully saturated rings. The maximum Gasteiger partial charge on any atom is 0.408 e. The monoisotopic (exact) mass is 304 g/mol. The molecule has 5 heteroatoms. The fourth-order valence-corrected chi connectivity index (χ4v) is 2.86. The van der Waals surface area contributed by atoms with Gasteiger partial charge in [-0.1, -0.05) is 6.07 Å². The fourth-order valence-electron chi connectivity index (χ4n) is 2.86. The van der Waals surface area contributed by atoms with Crippen LogP contribution in [-0.2, 0) is 11.2 Å². The summed E-state index contributed by atoms with van der Waals surface area (Å²) in [6, 6.07) is 3.70. The number of hydrogen-bond donors (Lipinski definition) is 2. The average Bonchev–Trinajstić information content (AvgIpc) is 2.80. The Morgan fingerprint density at radius 1 is 1.27 bits per heavy atom. The molecule has 1 aliphatic carbocycles. The van der Waals surface area contributed by atoms with Crippen molar-refractivity contribution in [3.63, 3.8) is 0 Å². The smallest absolute Gasteiger partial charge is 0.408 e. The highest BCUT2D eigenvalue weighted by molar-refractivity contribution is 5.96. The summed E-state index contributed by atoms with van der Waals surface area (Å²) in [4.78, 5) is 23.8. The standard InChI is InChI=1S/C17H24N2O3/c1-10-11-8-9-14(19-16(21)22-17(2,3)4)13(11)7-6-12(10)15(20)18-5/h6-7,14H,8-9H2,1-5H3,(H,18,20)(H,19,21)/t14-/m0/s1. The maximum atomic E-state index is 11.9. The van der Waals surface area contributed by atoms with Crippen LogP contribution in [0.2, 0.25) is 0 Å². The number of carbonyl (C=O) groups excluding carboxylic acids is 2. The number of benzene rings is 1. The van der Waals surface area contributed by atoms with Crippen LogP contribution in [0, 0.1) is 6.92 Å². The van der Waals surface area contributed by atoms with E-state index in [1.807, 2.05) is 39.8 Å². The van der Waals surface area contributed by atoms with Crippen LogP contribution < -0.4 is 10.6 Å². The van der Waals surface area contributed by atoms with E-state index in [4.69, 9.17) is 4.74 Å². The zero-order chi connectivity index (χ0) is 16.5. The van der Waals surface area contributed by atoms with E-state index in [0.29, 0.717) is 5.56 Å². The lowest BCUT2D eigenvalue weighted by atomic mass is 9.97. The second kappa shape index (κ2) is 5.99. The molecule has 5 nitrogen and oxygen atoms in total. The number of nitrogens with one attached hydrogen (secondary N) is 2. The minimum Gasteiger partial charge on any atom is -0.444 e. The van der Waals surface area contributed by atoms with E-state index in [1.54, 1.807) is 7.05 Å². The summed E-state index contributed by atoms with van der Waals surface area (Å²) in [5.74, 6) is -0.0798. The predicted molar refractivity (Wildman–Crippen MR) is 85.0 cm³/mol. The van der Waals surface area contributed by atoms with Crippen molar-refractivity contribution in [3.8, 4) is 0 Å². The molecule has 0 unspecified atom stereocenters. The molecule has 0 aliphatic heterocycles. The Labute approximate surface area is 131 Å². The summed E-state index contributed by atoms with van der Waals surface area (Å²) in [6.07, 6.45) is 1.28. The van der Waals surface area contributed by atoms with Gasteiger partial charge in [0.1, 0.15) is 5.60 Å². The lowest BCUT2D eigenvalue weighted by molar-refractivity contribution is 0.0503. The number of amides is 2. The fraction of sp³-hybridized carbons (Fsp3) is 0.529. The van der Waals surface area contributed by atoms with Crippen molar-refractivity contribution in [2.24, 2.45) is 0 Å². The van der Waals surface area contributed by atoms with Crippen molar-refractivity contribution in [2.75, 3.05) is 7.05 Å². The third-order valence-corrected chi connectivity index (χ3v) is 3.86. The summed E-state index contributed by atoms with van der Waals surface area (Å²) < 4.78 is 5.31. The quantitative estimate of drug-likeness (QED) is 0.883. The summed E-state index contributed by atoms with van der Waals surface area (Å²) in [5, 5.41) is 5.57. The van der Waals surface area contributed by atoms with Gasteiger partial charge >= 0.3 is 6.09 Å². The van der Waals surface area contributed by atoms with Gasteiger partial charge in [-0.15, -0.1) is 0 Å². The van der Waals surface area contributed by atoms with Crippen LogP contribution in [0.15, 0.2) is 12.1 Å². The molecule has 0 radical (unpaired) electrons. The molecular formula is C17H24N2O3. The summed E-state index contributed by atoms with van der Waals surface area (Å²) in [7, 11) is 1.63. The third-order valence-electron chi connectivity index (χ3n) is 3.86. The van der Waals surface area contributed by atoms with Gasteiger partial charge in [0.2, 0.25) is 0 Å². The second-order valence-electron chi connectivity index (χ2n) is 6.62. The zero-order valence-electron chi connectivity index (χ0n) is 13.9. The molecule has 0 saturated carbocycles. The highest BCUT2D eigenvalue weighted by Crippen LogP contribution is 2.34. The zero-order valence-corrected chi connectivity index (χ0v) is 13.9. The molecule has 2 N–H and O–H groups in total. The number of alkyl carbamates (subject to hydrolysis) is 1. The van der Waals surface area contributed by atoms with Crippen LogP contribution in [0.25, 0.3) is 0 Å². The molecule has 1 aliphatic rings. The Morgan fingerprint density at radius 2 is 1.95 bits per heavy atom. The molecule has 0 saturated heterocycles. The summed E-state index contributed by atoms with van der Waals surface area (Å²) in [5.41, 5.74) is 3.41. The Balaban J connectivity index is 2.18. The van der Waals surface area contributed by atoms with Gasteiger partial charge < -0.3 is 15.4 Å². The Bertz CT molecular complexity index is 603. The Morgan fingerprint density at radius 3 is 2.55 bits per heavy atom.